The molecule has 0 atom stereocenters. The van der Waals surface area contributed by atoms with Gasteiger partial charge in [-0.1, -0.05) is 90.4 Å². The molecule has 0 N–H and O–H groups in total. The molecule has 2 heterocycles. The van der Waals surface area contributed by atoms with Crippen LogP contribution in [0.1, 0.15) is 126 Å². The van der Waals surface area contributed by atoms with E-state index in [0.29, 0.717) is 10.5 Å². The van der Waals surface area contributed by atoms with Crippen molar-refractivity contribution in [2.45, 2.75) is 127 Å². The molecule has 0 aromatic carbocycles. The topological polar surface area (TPSA) is 26.3 Å². The third-order valence-electron chi connectivity index (χ3n) is 6.68. The van der Waals surface area contributed by atoms with Crippen molar-refractivity contribution in [3.63, 3.8) is 0 Å². The van der Waals surface area contributed by atoms with E-state index in [2.05, 4.69) is 53.9 Å². The second-order valence-corrected chi connectivity index (χ2v) is 13.7. The van der Waals surface area contributed by atoms with Gasteiger partial charge in [-0.15, -0.1) is 34.9 Å². The van der Waals surface area contributed by atoms with E-state index in [4.69, 9.17) is 4.74 Å². The molecule has 0 saturated carbocycles. The van der Waals surface area contributed by atoms with E-state index in [9.17, 15) is 4.79 Å². The van der Waals surface area contributed by atoms with Gasteiger partial charge < -0.3 is 4.74 Å². The Kier molecular flexibility index (Phi) is 16.0. The van der Waals surface area contributed by atoms with Crippen LogP contribution in [0.2, 0.25) is 0 Å². The Morgan fingerprint density at radius 2 is 1.39 bits per heavy atom. The summed E-state index contributed by atoms with van der Waals surface area (Å²) < 4.78 is 5.04. The molecule has 0 unspecified atom stereocenters. The maximum atomic E-state index is 11.2. The van der Waals surface area contributed by atoms with Gasteiger partial charge in [0.15, 0.2) is 0 Å². The Morgan fingerprint density at radius 3 is 2.03 bits per heavy atom. The molecule has 1 aliphatic rings. The number of hydrogen-bond donors (Lipinski definition) is 0. The normalized spacial score (nSPS) is 15.2. The Hall–Kier alpha value is -0.130. The number of thiophene rings is 1. The number of methoxy groups -OCH3 is 1. The first-order valence-corrected chi connectivity index (χ1v) is 16.4. The van der Waals surface area contributed by atoms with E-state index < -0.39 is 0 Å². The minimum atomic E-state index is -0.0704. The Balaban J connectivity index is 1.60. The fourth-order valence-electron chi connectivity index (χ4n) is 4.63. The quantitative estimate of drug-likeness (QED) is 0.128. The lowest BCUT2D eigenvalue weighted by Crippen LogP contribution is -2.12. The fraction of sp³-hybridized carbons (Fsp3) is 0.821. The Bertz CT molecular complexity index is 622. The minimum absolute atomic E-state index is 0.0704. The van der Waals surface area contributed by atoms with Gasteiger partial charge in [-0.2, -0.15) is 0 Å². The van der Waals surface area contributed by atoms with Crippen LogP contribution in [-0.4, -0.2) is 24.6 Å². The Labute approximate surface area is 216 Å². The number of thioether (sulfide) groups is 2. The van der Waals surface area contributed by atoms with Gasteiger partial charge in [0.05, 0.1) is 11.2 Å². The van der Waals surface area contributed by atoms with E-state index in [1.165, 1.54) is 115 Å². The van der Waals surface area contributed by atoms with Gasteiger partial charge in [0, 0.05) is 27.7 Å². The summed E-state index contributed by atoms with van der Waals surface area (Å²) in [5.41, 5.74) is 0. The zero-order valence-corrected chi connectivity index (χ0v) is 23.8. The van der Waals surface area contributed by atoms with Crippen molar-refractivity contribution < 1.29 is 9.53 Å². The molecule has 2 nitrogen and oxygen atoms in total. The smallest absolute Gasteiger partial charge is 0.305 e. The van der Waals surface area contributed by atoms with Crippen molar-refractivity contribution in [1.82, 2.24) is 0 Å². The van der Waals surface area contributed by atoms with Crippen LogP contribution in [0, 0.1) is 0 Å². The van der Waals surface area contributed by atoms with Crippen molar-refractivity contribution in [1.29, 1.82) is 0 Å². The molecule has 1 aromatic heterocycles. The van der Waals surface area contributed by atoms with Crippen molar-refractivity contribution >= 4 is 40.8 Å². The molecule has 33 heavy (non-hydrogen) atoms. The highest BCUT2D eigenvalue weighted by atomic mass is 32.2. The third kappa shape index (κ3) is 11.9. The Morgan fingerprint density at radius 1 is 0.818 bits per heavy atom. The van der Waals surface area contributed by atoms with Crippen LogP contribution in [-0.2, 0) is 20.0 Å². The lowest BCUT2D eigenvalue weighted by molar-refractivity contribution is -0.140. The first kappa shape index (κ1) is 29.1. The first-order valence-electron chi connectivity index (χ1n) is 13.6. The average Bonchev–Trinajstić information content (AvgIpc) is 3.50. The summed E-state index contributed by atoms with van der Waals surface area (Å²) >= 11 is 6.47. The predicted octanol–water partition coefficient (Wildman–Crippen LogP) is 9.75. The summed E-state index contributed by atoms with van der Waals surface area (Å²) in [6, 6.07) is 4.86. The number of carbonyl (C=O) groups is 1. The maximum Gasteiger partial charge on any atom is 0.305 e. The maximum absolute atomic E-state index is 11.2. The highest BCUT2D eigenvalue weighted by molar-refractivity contribution is 8.20. The molecule has 0 amide bonds. The first-order chi connectivity index (χ1) is 16.2. The van der Waals surface area contributed by atoms with E-state index in [-0.39, 0.29) is 5.97 Å². The van der Waals surface area contributed by atoms with E-state index in [1.807, 2.05) is 0 Å². The third-order valence-corrected chi connectivity index (χ3v) is 11.8. The molecule has 190 valence electrons. The van der Waals surface area contributed by atoms with Crippen LogP contribution in [0.15, 0.2) is 12.1 Å². The molecule has 2 rings (SSSR count). The molecular formula is C28H48O2S3. The lowest BCUT2D eigenvalue weighted by atomic mass is 10.1. The predicted molar refractivity (Wildman–Crippen MR) is 151 cm³/mol. The molecule has 1 fully saturated rings. The standard InChI is InChI=1S/C28H48O2S3/c1-3-4-5-6-7-8-9-10-12-15-18-25-20-21-26(33-25)28(31-23-24-32-28)22-17-14-11-13-16-19-27(29)30-2/h20-21H,3-19,22-24H2,1-2H3. The van der Waals surface area contributed by atoms with E-state index in [0.717, 1.165) is 12.8 Å². The molecule has 0 radical (unpaired) electrons. The van der Waals surface area contributed by atoms with Crippen LogP contribution >= 0.6 is 34.9 Å². The molecule has 1 saturated heterocycles. The summed E-state index contributed by atoms with van der Waals surface area (Å²) in [5, 5.41) is 0. The van der Waals surface area contributed by atoms with Crippen molar-refractivity contribution in [3.8, 4) is 0 Å². The number of rotatable bonds is 20. The molecule has 5 heteroatoms. The second kappa shape index (κ2) is 18.2. The molecule has 0 spiro atoms. The van der Waals surface area contributed by atoms with Gasteiger partial charge in [-0.25, -0.2) is 0 Å². The van der Waals surface area contributed by atoms with Crippen LogP contribution < -0.4 is 0 Å². The van der Waals surface area contributed by atoms with Crippen molar-refractivity contribution in [2.75, 3.05) is 18.6 Å². The van der Waals surface area contributed by atoms with Crippen molar-refractivity contribution in [2.24, 2.45) is 0 Å². The summed E-state index contributed by atoms with van der Waals surface area (Å²) in [5.74, 6) is 2.50. The second-order valence-electron chi connectivity index (χ2n) is 9.49. The van der Waals surface area contributed by atoms with Crippen LogP contribution in [0.5, 0.6) is 0 Å². The summed E-state index contributed by atoms with van der Waals surface area (Å²) in [6.45, 7) is 2.29. The number of unbranched alkanes of at least 4 members (excludes halogenated alkanes) is 13. The van der Waals surface area contributed by atoms with Gasteiger partial charge >= 0.3 is 5.97 Å². The zero-order valence-electron chi connectivity index (χ0n) is 21.3. The van der Waals surface area contributed by atoms with Gasteiger partial charge in [-0.3, -0.25) is 4.79 Å². The van der Waals surface area contributed by atoms with E-state index in [1.54, 1.807) is 9.75 Å². The minimum Gasteiger partial charge on any atom is -0.469 e. The number of carbonyl (C=O) groups excluding carboxylic acids is 1. The van der Waals surface area contributed by atoms with Crippen LogP contribution in [0.4, 0.5) is 0 Å². The highest BCUT2D eigenvalue weighted by Gasteiger charge is 2.38. The van der Waals surface area contributed by atoms with E-state index >= 15 is 0 Å². The van der Waals surface area contributed by atoms with Crippen LogP contribution in [0.25, 0.3) is 0 Å². The molecular weight excluding hydrogens is 465 g/mol. The van der Waals surface area contributed by atoms with Gasteiger partial charge in [0.2, 0.25) is 0 Å². The van der Waals surface area contributed by atoms with Gasteiger partial charge in [-0.05, 0) is 37.8 Å². The summed E-state index contributed by atoms with van der Waals surface area (Å²) in [7, 11) is 1.48. The largest absolute Gasteiger partial charge is 0.469 e. The molecule has 0 bridgehead atoms. The number of esters is 1. The fourth-order valence-corrected chi connectivity index (χ4v) is 9.45. The summed E-state index contributed by atoms with van der Waals surface area (Å²) in [4.78, 5) is 14.4. The zero-order chi connectivity index (χ0) is 23.6. The molecule has 0 aliphatic carbocycles. The average molecular weight is 513 g/mol. The summed E-state index contributed by atoms with van der Waals surface area (Å²) in [6.07, 6.45) is 23.2. The molecule has 1 aromatic rings. The van der Waals surface area contributed by atoms with Gasteiger partial charge in [0.25, 0.3) is 0 Å². The highest BCUT2D eigenvalue weighted by Crippen LogP contribution is 2.56. The number of ether oxygens (including phenoxy) is 1. The van der Waals surface area contributed by atoms with Gasteiger partial charge in [0.1, 0.15) is 0 Å². The van der Waals surface area contributed by atoms with Crippen LogP contribution in [0.3, 0.4) is 0 Å². The number of aryl methyl sites for hydroxylation is 1. The SMILES string of the molecule is CCCCCCCCCCCCc1ccc(C2(CCCCCCCC(=O)OC)SCCS2)s1. The van der Waals surface area contributed by atoms with Crippen molar-refractivity contribution in [3.05, 3.63) is 21.9 Å². The monoisotopic (exact) mass is 512 g/mol. The number of hydrogen-bond acceptors (Lipinski definition) is 5. The molecule has 1 aliphatic heterocycles. The lowest BCUT2D eigenvalue weighted by Gasteiger charge is -2.26.